The Morgan fingerprint density at radius 2 is 1.27 bits per heavy atom. The molecule has 52 heavy (non-hydrogen) atoms. The summed E-state index contributed by atoms with van der Waals surface area (Å²) in [7, 11) is 7.45. The van der Waals surface area contributed by atoms with Gasteiger partial charge in [0.15, 0.2) is 0 Å². The first-order valence-electron chi connectivity index (χ1n) is 19.0. The number of nitrogens with zero attached hydrogens (tertiary/aromatic N) is 1. The number of allylic oxidation sites excluding steroid dienone is 3. The van der Waals surface area contributed by atoms with Gasteiger partial charge < -0.3 is 17.4 Å². The van der Waals surface area contributed by atoms with Crippen molar-refractivity contribution in [1.82, 2.24) is 0 Å². The normalized spacial score (nSPS) is 22.2. The van der Waals surface area contributed by atoms with E-state index in [-0.39, 0.29) is 23.7 Å². The molecule has 5 atom stereocenters. The molecule has 0 aromatic heterocycles. The number of aromatic hydroxyl groups is 1. The van der Waals surface area contributed by atoms with Crippen molar-refractivity contribution in [1.29, 1.82) is 0 Å². The summed E-state index contributed by atoms with van der Waals surface area (Å²) in [6.07, 6.45) is 9.71. The number of phenols is 1. The van der Waals surface area contributed by atoms with Gasteiger partial charge in [-0.2, -0.15) is 0 Å². The Bertz CT molecular complexity index is 1770. The van der Waals surface area contributed by atoms with Crippen molar-refractivity contribution in [3.05, 3.63) is 114 Å². The molecule has 6 rings (SSSR count). The van der Waals surface area contributed by atoms with Crippen LogP contribution in [0, 0.1) is 33.1 Å². The van der Waals surface area contributed by atoms with Crippen LogP contribution >= 0.6 is 18.6 Å². The second kappa shape index (κ2) is 15.8. The van der Waals surface area contributed by atoms with Crippen LogP contribution in [0.15, 0.2) is 72.8 Å². The number of rotatable bonds is 5. The van der Waals surface area contributed by atoms with Crippen LogP contribution in [0.25, 0.3) is 0 Å². The molecule has 3 aliphatic rings. The van der Waals surface area contributed by atoms with Gasteiger partial charge in [-0.15, -0.1) is 0 Å². The fourth-order valence-corrected chi connectivity index (χ4v) is 15.5. The van der Waals surface area contributed by atoms with Gasteiger partial charge in [-0.3, -0.25) is 0 Å². The van der Waals surface area contributed by atoms with E-state index >= 15 is 0 Å². The molecule has 1 fully saturated rings. The second-order valence-electron chi connectivity index (χ2n) is 18.6. The average Bonchev–Trinajstić information content (AvgIpc) is 3.55. The zero-order chi connectivity index (χ0) is 37.8. The molecular weight excluding hydrogens is 729 g/mol. The third kappa shape index (κ3) is 7.70. The van der Waals surface area contributed by atoms with Gasteiger partial charge >= 0.3 is 35.6 Å². The van der Waals surface area contributed by atoms with E-state index in [0.29, 0.717) is 35.1 Å². The van der Waals surface area contributed by atoms with Crippen molar-refractivity contribution in [2.45, 2.75) is 136 Å². The molecule has 3 aromatic rings. The minimum atomic E-state index is -2.33. The Morgan fingerprint density at radius 3 is 1.77 bits per heavy atom. The monoisotopic (exact) mass is 792 g/mol. The molecule has 0 radical (unpaired) electrons. The molecule has 1 N–H and O–H groups in total. The van der Waals surface area contributed by atoms with Crippen LogP contribution in [0.1, 0.15) is 115 Å². The van der Waals surface area contributed by atoms with Gasteiger partial charge in [0.05, 0.1) is 8.07 Å². The summed E-state index contributed by atoms with van der Waals surface area (Å²) < 4.78 is 0. The maximum atomic E-state index is 12.3. The fraction of sp³-hybridized carbons (Fsp3) is 0.500. The third-order valence-corrected chi connectivity index (χ3v) is 18.3. The number of hydrogen-bond acceptors (Lipinski definition) is 2. The standard InChI is InChI=1S/C45H61NOSi.CH3.2ClH.Ti/c1-14-48(15-2,38-24-29(4)23-36(41(38)47)45(11,12)13)42-34-19-17-16-18-33(34)40-39(42)35-22-28(3)20-21-37(35)46(40)32-26-30(43(5,6)7)25-31(27-32)44(8,9)10;;;;/h16-27,33-34,39-40,42,47H,14-15H2,1-13H3;1H3;2*1H;/q;-1;;;+2/p-2. The topological polar surface area (TPSA) is 23.5 Å². The molecular formula is C46H64Cl2NOSiTi-. The van der Waals surface area contributed by atoms with E-state index in [1.165, 1.54) is 44.4 Å². The van der Waals surface area contributed by atoms with Gasteiger partial charge in [0, 0.05) is 29.3 Å². The Hall–Kier alpha value is -1.75. The molecule has 5 unspecified atom stereocenters. The van der Waals surface area contributed by atoms with Crippen LogP contribution in [0.4, 0.5) is 11.4 Å². The van der Waals surface area contributed by atoms with Gasteiger partial charge in [0.25, 0.3) is 0 Å². The van der Waals surface area contributed by atoms with Crippen LogP contribution in [-0.4, -0.2) is 19.2 Å². The summed E-state index contributed by atoms with van der Waals surface area (Å²) in [4.78, 5) is 2.77. The second-order valence-corrected chi connectivity index (χ2v) is 26.1. The molecule has 1 heterocycles. The number of anilines is 2. The first kappa shape index (κ1) is 43.0. The Kier molecular flexibility index (Phi) is 13.0. The SMILES string of the molecule is CC[Si](CC)(c1cc(C)cc(C(C)(C)C)c1O)C1C2C=CC=CC2C2C1c1cc(C)ccc1N2c1cc(C(C)(C)C)cc(C(C)(C)C)c1.[CH3-].[Cl][Ti][Cl]. The molecule has 0 amide bonds. The van der Waals surface area contributed by atoms with E-state index in [2.05, 4.69) is 168 Å². The molecule has 2 nitrogen and oxygen atoms in total. The number of aryl methyl sites for hydroxylation is 2. The first-order valence-corrected chi connectivity index (χ1v) is 25.8. The van der Waals surface area contributed by atoms with Gasteiger partial charge in [-0.1, -0.05) is 154 Å². The van der Waals surface area contributed by atoms with Gasteiger partial charge in [0.2, 0.25) is 0 Å². The Balaban J connectivity index is 0.00000146. The number of hydrogen-bond donors (Lipinski definition) is 1. The Morgan fingerprint density at radius 1 is 0.731 bits per heavy atom. The van der Waals surface area contributed by atoms with Gasteiger partial charge in [-0.25, -0.2) is 0 Å². The van der Waals surface area contributed by atoms with E-state index in [4.69, 9.17) is 18.6 Å². The van der Waals surface area contributed by atoms with Crippen molar-refractivity contribution in [3.63, 3.8) is 0 Å². The van der Waals surface area contributed by atoms with Crippen molar-refractivity contribution in [3.8, 4) is 5.75 Å². The first-order chi connectivity index (χ1) is 23.7. The molecule has 0 saturated heterocycles. The summed E-state index contributed by atoms with van der Waals surface area (Å²) in [6.45, 7) is 30.2. The molecule has 282 valence electrons. The summed E-state index contributed by atoms with van der Waals surface area (Å²) >= 11 is -0.556. The molecule has 1 aliphatic heterocycles. The summed E-state index contributed by atoms with van der Waals surface area (Å²) in [6, 6.07) is 21.9. The number of fused-ring (bicyclic) bond motifs is 5. The van der Waals surface area contributed by atoms with Crippen molar-refractivity contribution < 1.29 is 22.1 Å². The number of phenolic OH excluding ortho intramolecular Hbond substituents is 1. The van der Waals surface area contributed by atoms with Gasteiger partial charge in [0.1, 0.15) is 5.75 Å². The summed E-state index contributed by atoms with van der Waals surface area (Å²) in [5.41, 5.74) is 11.2. The molecule has 3 aromatic carbocycles. The van der Waals surface area contributed by atoms with Crippen LogP contribution in [0.2, 0.25) is 17.6 Å². The van der Waals surface area contributed by atoms with E-state index in [0.717, 1.165) is 17.7 Å². The predicted octanol–water partition coefficient (Wildman–Crippen LogP) is 13.5. The molecule has 1 saturated carbocycles. The van der Waals surface area contributed by atoms with E-state index in [9.17, 15) is 5.11 Å². The predicted molar refractivity (Wildman–Crippen MR) is 229 cm³/mol. The maximum absolute atomic E-state index is 12.3. The molecule has 0 spiro atoms. The number of halogens is 2. The molecule has 6 heteroatoms. The minimum absolute atomic E-state index is 0. The zero-order valence-electron chi connectivity index (χ0n) is 34.4. The van der Waals surface area contributed by atoms with Crippen LogP contribution in [0.5, 0.6) is 5.75 Å². The zero-order valence-corrected chi connectivity index (χ0v) is 38.5. The summed E-state index contributed by atoms with van der Waals surface area (Å²) in [5.74, 6) is 1.78. The van der Waals surface area contributed by atoms with Crippen molar-refractivity contribution >= 4 is 43.2 Å². The number of benzene rings is 3. The average molecular weight is 794 g/mol. The van der Waals surface area contributed by atoms with E-state index < -0.39 is 25.1 Å². The van der Waals surface area contributed by atoms with E-state index in [1.807, 2.05) is 0 Å². The molecule has 0 bridgehead atoms. The van der Waals surface area contributed by atoms with Crippen LogP contribution < -0.4 is 10.1 Å². The third-order valence-electron chi connectivity index (χ3n) is 12.3. The Labute approximate surface area is 335 Å². The van der Waals surface area contributed by atoms with Crippen molar-refractivity contribution in [2.75, 3.05) is 4.90 Å². The van der Waals surface area contributed by atoms with Crippen LogP contribution in [-0.2, 0) is 33.3 Å². The molecule has 2 aliphatic carbocycles. The fourth-order valence-electron chi connectivity index (χ4n) is 9.72. The van der Waals surface area contributed by atoms with E-state index in [1.54, 1.807) is 0 Å². The summed E-state index contributed by atoms with van der Waals surface area (Å²) in [5, 5.41) is 13.6. The van der Waals surface area contributed by atoms with Crippen LogP contribution in [0.3, 0.4) is 0 Å². The van der Waals surface area contributed by atoms with Gasteiger partial charge in [-0.05, 0) is 87.2 Å². The van der Waals surface area contributed by atoms with Crippen molar-refractivity contribution in [2.24, 2.45) is 11.8 Å². The quantitative estimate of drug-likeness (QED) is 0.205.